The molecule has 4 rings (SSSR count). The van der Waals surface area contributed by atoms with E-state index in [-0.39, 0.29) is 103 Å². The predicted molar refractivity (Wildman–Crippen MR) is 174 cm³/mol. The molecule has 5 N–H and O–H groups in total. The molecule has 3 heterocycles. The fourth-order valence-electron chi connectivity index (χ4n) is 4.72. The quantitative estimate of drug-likeness (QED) is 0.172. The van der Waals surface area contributed by atoms with E-state index in [2.05, 4.69) is 16.0 Å². The first kappa shape index (κ1) is 48.1. The summed E-state index contributed by atoms with van der Waals surface area (Å²) < 4.78 is 26.6. The van der Waals surface area contributed by atoms with Crippen LogP contribution in [0.2, 0.25) is 0 Å². The number of sulfonamides is 1. The molecule has 16 nitrogen and oxygen atoms in total. The number of hydrogen-bond acceptors (Lipinski definition) is 11. The third kappa shape index (κ3) is 14.4. The van der Waals surface area contributed by atoms with Gasteiger partial charge in [-0.3, -0.25) is 19.2 Å². The maximum Gasteiger partial charge on any atom is 1.00 e. The standard InChI is InChI=1S/C16H22N2O5S.C7H12N2O3.C5H10N2O2.2ClH.Na/c1-11(2)13-4-6-14(7-5-13)24(22,23)18-9-8-17(12(3)19)10-15(18)16(20)21;1-5(10)9-3-2-8-6(4-9)7(11)12;8-5(9)4-3-6-1-2-7-4;;;/h4-7,11,15H,8-10H2,1-3H3,(H,20,21);6,8H,2-4H2,1H3,(H,11,12);4,6-7H,1-3H2,(H,8,9);2*1H;/q;;;;;+1/p-1/t15-;6-;4-;;;/m111.../s1. The average Bonchev–Trinajstić information content (AvgIpc) is 3.01. The van der Waals surface area contributed by atoms with Crippen molar-refractivity contribution in [1.82, 2.24) is 30.1 Å². The number of nitrogens with one attached hydrogen (secondary N) is 3. The van der Waals surface area contributed by atoms with Crippen LogP contribution in [0.15, 0.2) is 29.2 Å². The van der Waals surface area contributed by atoms with Gasteiger partial charge in [-0.2, -0.15) is 4.31 Å². The zero-order valence-electron chi connectivity index (χ0n) is 27.7. The second-order valence-corrected chi connectivity index (χ2v) is 12.9. The van der Waals surface area contributed by atoms with Gasteiger partial charge in [0.25, 0.3) is 0 Å². The summed E-state index contributed by atoms with van der Waals surface area (Å²) in [5, 5.41) is 36.8. The minimum absolute atomic E-state index is 0. The molecule has 3 aliphatic heterocycles. The molecule has 0 saturated carbocycles. The fraction of sp³-hybridized carbons (Fsp3) is 0.607. The minimum atomic E-state index is -3.93. The van der Waals surface area contributed by atoms with Crippen molar-refractivity contribution in [2.45, 2.75) is 56.6 Å². The summed E-state index contributed by atoms with van der Waals surface area (Å²) in [5.41, 5.74) is 1.00. The zero-order chi connectivity index (χ0) is 33.9. The van der Waals surface area contributed by atoms with Crippen LogP contribution in [-0.4, -0.2) is 139 Å². The Morgan fingerprint density at radius 2 is 1.35 bits per heavy atom. The molecule has 0 unspecified atom stereocenters. The van der Waals surface area contributed by atoms with Crippen molar-refractivity contribution >= 4 is 64.6 Å². The molecular weight excluding hydrogens is 706 g/mol. The van der Waals surface area contributed by atoms with Gasteiger partial charge in [0.15, 0.2) is 0 Å². The number of carboxylic acids is 3. The van der Waals surface area contributed by atoms with Crippen molar-refractivity contribution in [2.24, 2.45) is 0 Å². The predicted octanol–water partition coefficient (Wildman–Crippen LogP) is -4.85. The second kappa shape index (κ2) is 22.6. The van der Waals surface area contributed by atoms with E-state index in [1.54, 1.807) is 12.1 Å². The number of benzene rings is 1. The fourth-order valence-corrected chi connectivity index (χ4v) is 6.29. The molecule has 268 valence electrons. The van der Waals surface area contributed by atoms with E-state index >= 15 is 0 Å². The monoisotopic (exact) mass is 750 g/mol. The Morgan fingerprint density at radius 3 is 1.77 bits per heavy atom. The Labute approximate surface area is 315 Å². The maximum atomic E-state index is 12.8. The van der Waals surface area contributed by atoms with Gasteiger partial charge in [-0.15, -0.1) is 24.8 Å². The summed E-state index contributed by atoms with van der Waals surface area (Å²) in [6.07, 6.45) is 0. The smallest absolute Gasteiger partial charge is 0.548 e. The normalized spacial score (nSPS) is 20.9. The van der Waals surface area contributed by atoms with Gasteiger partial charge in [-0.25, -0.2) is 8.42 Å². The van der Waals surface area contributed by atoms with Gasteiger partial charge in [0.1, 0.15) is 12.1 Å². The van der Waals surface area contributed by atoms with Crippen LogP contribution in [0.4, 0.5) is 0 Å². The Morgan fingerprint density at radius 1 is 0.812 bits per heavy atom. The van der Waals surface area contributed by atoms with E-state index in [0.717, 1.165) is 23.0 Å². The molecule has 3 aliphatic rings. The van der Waals surface area contributed by atoms with Crippen molar-refractivity contribution in [3.8, 4) is 0 Å². The molecule has 1 aromatic rings. The largest absolute Gasteiger partial charge is 1.00 e. The first-order valence-electron chi connectivity index (χ1n) is 14.5. The maximum absolute atomic E-state index is 12.8. The first-order chi connectivity index (χ1) is 21.1. The number of rotatable bonds is 6. The Hall–Kier alpha value is -2.06. The summed E-state index contributed by atoms with van der Waals surface area (Å²) >= 11 is 0. The number of carbonyl (C=O) groups is 5. The van der Waals surface area contributed by atoms with Crippen LogP contribution in [0.1, 0.15) is 39.2 Å². The molecule has 3 saturated heterocycles. The summed E-state index contributed by atoms with van der Waals surface area (Å²) in [4.78, 5) is 57.4. The molecule has 0 spiro atoms. The van der Waals surface area contributed by atoms with E-state index < -0.39 is 46.1 Å². The van der Waals surface area contributed by atoms with Gasteiger partial charge < -0.3 is 45.9 Å². The van der Waals surface area contributed by atoms with Gasteiger partial charge in [-0.05, 0) is 23.6 Å². The van der Waals surface area contributed by atoms with E-state index in [4.69, 9.17) is 5.11 Å². The molecule has 1 aromatic carbocycles. The van der Waals surface area contributed by atoms with Crippen molar-refractivity contribution in [3.63, 3.8) is 0 Å². The molecular formula is C28H45Cl2N6NaO10S. The number of aliphatic carboxylic acids is 3. The first-order valence-corrected chi connectivity index (χ1v) is 16.0. The van der Waals surface area contributed by atoms with Crippen molar-refractivity contribution < 1.29 is 77.3 Å². The molecule has 2 amide bonds. The molecule has 0 radical (unpaired) electrons. The third-order valence-electron chi connectivity index (χ3n) is 7.46. The number of hydrogen-bond donors (Lipinski definition) is 5. The Kier molecular flexibility index (Phi) is 22.6. The van der Waals surface area contributed by atoms with E-state index in [0.29, 0.717) is 19.6 Å². The summed E-state index contributed by atoms with van der Waals surface area (Å²) in [6, 6.07) is 4.08. The minimum Gasteiger partial charge on any atom is -0.548 e. The van der Waals surface area contributed by atoms with Crippen molar-refractivity contribution in [2.75, 3.05) is 58.9 Å². The van der Waals surface area contributed by atoms with Crippen LogP contribution >= 0.6 is 24.8 Å². The number of nitrogens with zero attached hydrogens (tertiary/aromatic N) is 3. The number of amides is 2. The molecule has 0 bridgehead atoms. The van der Waals surface area contributed by atoms with E-state index in [9.17, 15) is 42.6 Å². The Bertz CT molecular complexity index is 1300. The van der Waals surface area contributed by atoms with Crippen LogP contribution in [0, 0.1) is 0 Å². The van der Waals surface area contributed by atoms with Crippen LogP contribution in [0.3, 0.4) is 0 Å². The van der Waals surface area contributed by atoms with Crippen LogP contribution in [-0.2, 0) is 34.0 Å². The van der Waals surface area contributed by atoms with Gasteiger partial charge in [-0.1, -0.05) is 26.0 Å². The third-order valence-corrected chi connectivity index (χ3v) is 9.38. The molecule has 20 heteroatoms. The second-order valence-electron chi connectivity index (χ2n) is 11.0. The van der Waals surface area contributed by atoms with E-state index in [1.165, 1.54) is 35.8 Å². The van der Waals surface area contributed by atoms with Gasteiger partial charge in [0.05, 0.1) is 16.9 Å². The van der Waals surface area contributed by atoms with Crippen LogP contribution in [0.25, 0.3) is 0 Å². The van der Waals surface area contributed by atoms with Crippen molar-refractivity contribution in [1.29, 1.82) is 0 Å². The summed E-state index contributed by atoms with van der Waals surface area (Å²) in [5.74, 6) is -3.28. The number of piperazine rings is 3. The van der Waals surface area contributed by atoms with Gasteiger partial charge in [0.2, 0.25) is 21.8 Å². The van der Waals surface area contributed by atoms with Crippen molar-refractivity contribution in [3.05, 3.63) is 29.8 Å². The molecule has 0 aromatic heterocycles. The number of carboxylic acid groups (broad SMARTS) is 3. The van der Waals surface area contributed by atoms with Crippen LogP contribution in [0.5, 0.6) is 0 Å². The molecule has 3 atom stereocenters. The summed E-state index contributed by atoms with van der Waals surface area (Å²) in [7, 11) is -3.93. The topological polar surface area (TPSA) is 229 Å². The van der Waals surface area contributed by atoms with Crippen LogP contribution < -0.4 is 50.6 Å². The zero-order valence-corrected chi connectivity index (χ0v) is 32.2. The van der Waals surface area contributed by atoms with Gasteiger partial charge >= 0.3 is 41.5 Å². The molecule has 0 aliphatic carbocycles. The summed E-state index contributed by atoms with van der Waals surface area (Å²) in [6.45, 7) is 10.2. The number of carbonyl (C=O) groups excluding carboxylic acids is 3. The average molecular weight is 752 g/mol. The molecule has 3 fully saturated rings. The SMILES string of the molecule is CC(=O)N1CCN(S(=O)(=O)c2ccc(C(C)C)cc2)[C@@H](C(=O)O)C1.CC(=O)N1CCN[C@@H](C(=O)[O-])C1.Cl.Cl.O=C(O)[C@H]1CNCCN1.[Na+]. The number of halogens is 2. The van der Waals surface area contributed by atoms with E-state index in [1.807, 2.05) is 13.8 Å². The Balaban J connectivity index is 0. The van der Waals surface area contributed by atoms with Gasteiger partial charge in [0, 0.05) is 72.8 Å². The molecule has 48 heavy (non-hydrogen) atoms.